The van der Waals surface area contributed by atoms with Crippen molar-refractivity contribution in [1.29, 1.82) is 0 Å². The van der Waals surface area contributed by atoms with E-state index in [9.17, 15) is 5.11 Å². The van der Waals surface area contributed by atoms with E-state index < -0.39 is 0 Å². The third-order valence-electron chi connectivity index (χ3n) is 3.82. The Morgan fingerprint density at radius 1 is 1.05 bits per heavy atom. The largest absolute Gasteiger partial charge is 0.389 e. The number of unbranched alkanes of at least 4 members (excludes halogenated alkanes) is 7. The first-order chi connectivity index (χ1) is 9.13. The molecular formula is C18H34O. The van der Waals surface area contributed by atoms with Gasteiger partial charge in [-0.25, -0.2) is 0 Å². The van der Waals surface area contributed by atoms with E-state index in [1.165, 1.54) is 56.9 Å². The minimum Gasteiger partial charge on any atom is -0.389 e. The number of rotatable bonds is 12. The highest BCUT2D eigenvalue weighted by atomic mass is 16.3. The van der Waals surface area contributed by atoms with Gasteiger partial charge in [0.1, 0.15) is 0 Å². The summed E-state index contributed by atoms with van der Waals surface area (Å²) in [5.74, 6) is 0. The fraction of sp³-hybridized carbons (Fsp3) is 0.778. The van der Waals surface area contributed by atoms with Gasteiger partial charge in [-0.15, -0.1) is 6.58 Å². The molecule has 1 heteroatoms. The molecule has 19 heavy (non-hydrogen) atoms. The van der Waals surface area contributed by atoms with E-state index in [1.54, 1.807) is 0 Å². The molecule has 0 heterocycles. The quantitative estimate of drug-likeness (QED) is 0.350. The third-order valence-corrected chi connectivity index (χ3v) is 3.82. The molecule has 0 rings (SSSR count). The monoisotopic (exact) mass is 266 g/mol. The molecule has 0 bridgehead atoms. The summed E-state index contributed by atoms with van der Waals surface area (Å²) in [6.45, 7) is 10.0. The molecule has 0 radical (unpaired) electrons. The van der Waals surface area contributed by atoms with Crippen molar-refractivity contribution in [1.82, 2.24) is 0 Å². The van der Waals surface area contributed by atoms with E-state index in [0.717, 1.165) is 18.4 Å². The Balaban J connectivity index is 3.74. The van der Waals surface area contributed by atoms with Crippen molar-refractivity contribution in [3.63, 3.8) is 0 Å². The van der Waals surface area contributed by atoms with E-state index in [2.05, 4.69) is 20.4 Å². The predicted octanol–water partition coefficient (Wildman–Crippen LogP) is 5.79. The lowest BCUT2D eigenvalue weighted by atomic mass is 9.96. The summed E-state index contributed by atoms with van der Waals surface area (Å²) < 4.78 is 0. The lowest BCUT2D eigenvalue weighted by Crippen LogP contribution is -2.06. The molecule has 0 amide bonds. The highest BCUT2D eigenvalue weighted by Crippen LogP contribution is 2.20. The van der Waals surface area contributed by atoms with Crippen molar-refractivity contribution in [2.45, 2.75) is 91.1 Å². The van der Waals surface area contributed by atoms with Gasteiger partial charge >= 0.3 is 0 Å². The zero-order valence-electron chi connectivity index (χ0n) is 13.4. The molecule has 1 N–H and O–H groups in total. The highest BCUT2D eigenvalue weighted by molar-refractivity contribution is 5.18. The maximum absolute atomic E-state index is 9.73. The molecule has 0 aliphatic rings. The van der Waals surface area contributed by atoms with Gasteiger partial charge < -0.3 is 5.11 Å². The van der Waals surface area contributed by atoms with Crippen LogP contribution in [0.4, 0.5) is 0 Å². The summed E-state index contributed by atoms with van der Waals surface area (Å²) in [5, 5.41) is 9.73. The SMILES string of the molecule is C=CCC(=C(C)CCCCCCCCCC)C(C)O. The molecule has 0 fully saturated rings. The Bertz CT molecular complexity index is 250. The summed E-state index contributed by atoms with van der Waals surface area (Å²) in [7, 11) is 0. The van der Waals surface area contributed by atoms with Gasteiger partial charge in [-0.1, -0.05) is 63.5 Å². The summed E-state index contributed by atoms with van der Waals surface area (Å²) in [6, 6.07) is 0. The molecule has 0 aliphatic carbocycles. The molecule has 1 atom stereocenters. The Morgan fingerprint density at radius 3 is 2.05 bits per heavy atom. The first-order valence-corrected chi connectivity index (χ1v) is 8.10. The second-order valence-electron chi connectivity index (χ2n) is 5.70. The average Bonchev–Trinajstić information content (AvgIpc) is 2.38. The summed E-state index contributed by atoms with van der Waals surface area (Å²) >= 11 is 0. The second kappa shape index (κ2) is 12.5. The summed E-state index contributed by atoms with van der Waals surface area (Å²) in [6.07, 6.45) is 14.4. The zero-order valence-corrected chi connectivity index (χ0v) is 13.4. The fourth-order valence-electron chi connectivity index (χ4n) is 2.54. The van der Waals surface area contributed by atoms with Crippen LogP contribution in [0.1, 0.15) is 85.0 Å². The van der Waals surface area contributed by atoms with Gasteiger partial charge in [-0.05, 0) is 38.7 Å². The smallest absolute Gasteiger partial charge is 0.0727 e. The van der Waals surface area contributed by atoms with Crippen LogP contribution < -0.4 is 0 Å². The van der Waals surface area contributed by atoms with Gasteiger partial charge in [0.25, 0.3) is 0 Å². The van der Waals surface area contributed by atoms with Crippen molar-refractivity contribution in [3.8, 4) is 0 Å². The van der Waals surface area contributed by atoms with Gasteiger partial charge in [0.05, 0.1) is 6.10 Å². The maximum atomic E-state index is 9.73. The first kappa shape index (κ1) is 18.4. The lowest BCUT2D eigenvalue weighted by molar-refractivity contribution is 0.227. The molecule has 1 nitrogen and oxygen atoms in total. The topological polar surface area (TPSA) is 20.2 Å². The van der Waals surface area contributed by atoms with Crippen LogP contribution in [0.5, 0.6) is 0 Å². The molecule has 0 aliphatic heterocycles. The molecule has 0 saturated carbocycles. The van der Waals surface area contributed by atoms with Gasteiger partial charge in [0.15, 0.2) is 0 Å². The van der Waals surface area contributed by atoms with Crippen molar-refractivity contribution in [3.05, 3.63) is 23.8 Å². The van der Waals surface area contributed by atoms with Crippen molar-refractivity contribution in [2.24, 2.45) is 0 Å². The minimum atomic E-state index is -0.327. The predicted molar refractivity (Wildman–Crippen MR) is 86.4 cm³/mol. The van der Waals surface area contributed by atoms with Gasteiger partial charge in [-0.3, -0.25) is 0 Å². The van der Waals surface area contributed by atoms with Crippen LogP contribution in [0.15, 0.2) is 23.8 Å². The summed E-state index contributed by atoms with van der Waals surface area (Å²) in [5.41, 5.74) is 2.53. The molecule has 0 saturated heterocycles. The number of aliphatic hydroxyl groups excluding tert-OH is 1. The van der Waals surface area contributed by atoms with E-state index >= 15 is 0 Å². The van der Waals surface area contributed by atoms with E-state index in [0.29, 0.717) is 0 Å². The molecule has 0 aromatic heterocycles. The molecule has 1 unspecified atom stereocenters. The van der Waals surface area contributed by atoms with E-state index in [-0.39, 0.29) is 6.10 Å². The number of hydrogen-bond acceptors (Lipinski definition) is 1. The number of hydrogen-bond donors (Lipinski definition) is 1. The molecule has 0 aromatic rings. The zero-order chi connectivity index (χ0) is 14.5. The molecule has 0 aromatic carbocycles. The van der Waals surface area contributed by atoms with E-state index in [1.807, 2.05) is 13.0 Å². The van der Waals surface area contributed by atoms with Crippen LogP contribution in [-0.4, -0.2) is 11.2 Å². The normalized spacial score (nSPS) is 14.1. The maximum Gasteiger partial charge on any atom is 0.0727 e. The van der Waals surface area contributed by atoms with Crippen LogP contribution in [0.25, 0.3) is 0 Å². The highest BCUT2D eigenvalue weighted by Gasteiger charge is 2.07. The molecule has 112 valence electrons. The lowest BCUT2D eigenvalue weighted by Gasteiger charge is -2.13. The van der Waals surface area contributed by atoms with Crippen molar-refractivity contribution in [2.75, 3.05) is 0 Å². The van der Waals surface area contributed by atoms with Crippen molar-refractivity contribution < 1.29 is 5.11 Å². The Morgan fingerprint density at radius 2 is 1.58 bits per heavy atom. The van der Waals surface area contributed by atoms with Gasteiger partial charge in [0, 0.05) is 0 Å². The average molecular weight is 266 g/mol. The van der Waals surface area contributed by atoms with Crippen LogP contribution >= 0.6 is 0 Å². The van der Waals surface area contributed by atoms with Crippen LogP contribution in [0.3, 0.4) is 0 Å². The summed E-state index contributed by atoms with van der Waals surface area (Å²) in [4.78, 5) is 0. The molecule has 0 spiro atoms. The van der Waals surface area contributed by atoms with Crippen LogP contribution in [0, 0.1) is 0 Å². The second-order valence-corrected chi connectivity index (χ2v) is 5.70. The van der Waals surface area contributed by atoms with Gasteiger partial charge in [0.2, 0.25) is 0 Å². The Kier molecular flexibility index (Phi) is 12.1. The fourth-order valence-corrected chi connectivity index (χ4v) is 2.54. The third kappa shape index (κ3) is 9.95. The van der Waals surface area contributed by atoms with Crippen molar-refractivity contribution >= 4 is 0 Å². The minimum absolute atomic E-state index is 0.327. The van der Waals surface area contributed by atoms with Gasteiger partial charge in [-0.2, -0.15) is 0 Å². The standard InChI is InChI=1S/C18H34O/c1-5-7-8-9-10-11-12-13-15-16(3)18(14-6-2)17(4)19/h6,17,19H,2,5,7-15H2,1,3-4H3. The number of aliphatic hydroxyl groups is 1. The van der Waals surface area contributed by atoms with Crippen LogP contribution in [0.2, 0.25) is 0 Å². The Hall–Kier alpha value is -0.560. The molecular weight excluding hydrogens is 232 g/mol. The first-order valence-electron chi connectivity index (χ1n) is 8.10. The van der Waals surface area contributed by atoms with Crippen LogP contribution in [-0.2, 0) is 0 Å². The van der Waals surface area contributed by atoms with E-state index in [4.69, 9.17) is 0 Å². The Labute approximate surface area is 120 Å². The number of allylic oxidation sites excluding steroid dienone is 2.